The normalized spacial score (nSPS) is 12.1. The van der Waals surface area contributed by atoms with Crippen molar-refractivity contribution in [3.8, 4) is 5.75 Å². The maximum Gasteiger partial charge on any atom is 0.294 e. The monoisotopic (exact) mass is 1950 g/mol. The third-order valence-corrected chi connectivity index (χ3v) is 31.9. The molecule has 0 amide bonds. The molecule has 136 heavy (non-hydrogen) atoms. The first-order chi connectivity index (χ1) is 66.0. The van der Waals surface area contributed by atoms with Crippen molar-refractivity contribution in [3.05, 3.63) is 30.3 Å². The van der Waals surface area contributed by atoms with Crippen LogP contribution in [-0.2, 0) is 20.2 Å². The summed E-state index contributed by atoms with van der Waals surface area (Å²) in [5, 5.41) is 9.83. The quantitative estimate of drug-likeness (QED) is 0.0383. The Balaban J connectivity index is 0. The first kappa shape index (κ1) is 136. The third kappa shape index (κ3) is 102. The lowest BCUT2D eigenvalue weighted by atomic mass is 10.0. The molecule has 2 aromatic carbocycles. The average molecular weight is 1960 g/mol. The number of nitrogens with zero attached hydrogens (tertiary/aromatic N) is 3. The van der Waals surface area contributed by atoms with Crippen LogP contribution in [0.1, 0.15) is 658 Å². The van der Waals surface area contributed by atoms with Gasteiger partial charge in [-0.1, -0.05) is 587 Å². The molecule has 0 aromatic heterocycles. The highest BCUT2D eigenvalue weighted by molar-refractivity contribution is 7.86. The number of rotatable bonds is 104. The van der Waals surface area contributed by atoms with E-state index in [2.05, 4.69) is 83.8 Å². The summed E-state index contributed by atoms with van der Waals surface area (Å²) in [6.45, 7) is 22.2. The number of benzene rings is 2. The van der Waals surface area contributed by atoms with Crippen LogP contribution in [0.4, 0.5) is 0 Å². The molecule has 0 saturated heterocycles. The molecule has 2 N–H and O–H groups in total. The SMILES string of the molecule is CCCCCCCCCCCCCCCCCC[N+](C)(C)CCCCCCCCCCCCCCCCCC.CCCCCCCCCCCCCCCCCC[N+](C)(C)CCCCCCCCCCCCCCCCCC.CCCCCCCCCCCCCCCCCC[N+](C)(C)CCCCCCCCCCCCCCCCCC.O=S(=O)([O-])c1cc2cc(S(=O)(=O)O)ccc2cc1O. The van der Waals surface area contributed by atoms with Gasteiger partial charge in [-0.3, -0.25) is 4.55 Å². The number of hydrogen-bond donors (Lipinski definition) is 2. The molecule has 0 saturated carbocycles. The number of hydrogen-bond acceptors (Lipinski definition) is 6. The summed E-state index contributed by atoms with van der Waals surface area (Å²) in [6, 6.07) is 5.22. The van der Waals surface area contributed by atoms with E-state index in [0.29, 0.717) is 5.39 Å². The zero-order valence-corrected chi connectivity index (χ0v) is 96.2. The minimum absolute atomic E-state index is 0.0855. The summed E-state index contributed by atoms with van der Waals surface area (Å²) in [7, 11) is 5.48. The minimum Gasteiger partial charge on any atom is -0.744 e. The highest BCUT2D eigenvalue weighted by Gasteiger charge is 2.19. The molecule has 0 unspecified atom stereocenters. The van der Waals surface area contributed by atoms with E-state index >= 15 is 0 Å². The molecule has 0 heterocycles. The van der Waals surface area contributed by atoms with Crippen molar-refractivity contribution in [2.45, 2.75) is 668 Å². The Kier molecular flexibility index (Phi) is 103. The summed E-state index contributed by atoms with van der Waals surface area (Å²) >= 11 is 0. The Hall–Kier alpha value is -1.80. The van der Waals surface area contributed by atoms with Gasteiger partial charge in [0.25, 0.3) is 10.1 Å². The number of quaternary nitrogens is 3. The van der Waals surface area contributed by atoms with Gasteiger partial charge in [-0.05, 0) is 112 Å². The molecule has 12 heteroatoms. The fourth-order valence-electron chi connectivity index (χ4n) is 20.5. The molecule has 0 spiro atoms. The van der Waals surface area contributed by atoms with Crippen LogP contribution in [0.15, 0.2) is 40.1 Å². The van der Waals surface area contributed by atoms with Gasteiger partial charge < -0.3 is 23.1 Å². The summed E-state index contributed by atoms with van der Waals surface area (Å²) < 4.78 is 67.2. The van der Waals surface area contributed by atoms with E-state index in [1.165, 1.54) is 675 Å². The smallest absolute Gasteiger partial charge is 0.294 e. The molecule has 810 valence electrons. The lowest BCUT2D eigenvalue weighted by Crippen LogP contribution is -2.41. The maximum absolute atomic E-state index is 11.0. The van der Waals surface area contributed by atoms with E-state index in [0.717, 1.165) is 24.3 Å². The van der Waals surface area contributed by atoms with Gasteiger partial charge >= 0.3 is 0 Å². The Labute approximate surface area is 855 Å². The van der Waals surface area contributed by atoms with Gasteiger partial charge in [-0.25, -0.2) is 8.42 Å². The van der Waals surface area contributed by atoms with Crippen molar-refractivity contribution in [2.24, 2.45) is 0 Å². The van der Waals surface area contributed by atoms with Crippen LogP contribution in [-0.4, -0.2) is 126 Å². The highest BCUT2D eigenvalue weighted by Crippen LogP contribution is 2.31. The number of phenols is 1. The van der Waals surface area contributed by atoms with E-state index < -0.39 is 35.8 Å². The molecule has 0 fully saturated rings. The van der Waals surface area contributed by atoms with Gasteiger partial charge in [-0.2, -0.15) is 8.42 Å². The Morgan fingerprint density at radius 1 is 0.199 bits per heavy atom. The molecule has 0 bridgehead atoms. The van der Waals surface area contributed by atoms with E-state index in [1.54, 1.807) is 0 Å². The van der Waals surface area contributed by atoms with Crippen molar-refractivity contribution in [1.82, 2.24) is 0 Å². The van der Waals surface area contributed by atoms with Crippen molar-refractivity contribution in [1.29, 1.82) is 0 Å². The van der Waals surface area contributed by atoms with Gasteiger partial charge in [0.1, 0.15) is 15.9 Å². The number of phenolic OH excluding ortho intramolecular Hbond substituents is 1. The summed E-state index contributed by atoms with van der Waals surface area (Å²) in [4.78, 5) is -1.30. The molecule has 0 radical (unpaired) electrons. The second-order valence-corrected chi connectivity index (χ2v) is 48.5. The van der Waals surface area contributed by atoms with Crippen LogP contribution < -0.4 is 0 Å². The molecule has 0 aliphatic heterocycles. The van der Waals surface area contributed by atoms with Crippen molar-refractivity contribution in [3.63, 3.8) is 0 Å². The van der Waals surface area contributed by atoms with Crippen LogP contribution in [0.25, 0.3) is 10.8 Å². The Morgan fingerprint density at radius 2 is 0.331 bits per heavy atom. The highest BCUT2D eigenvalue weighted by atomic mass is 32.2. The standard InChI is InChI=1S/3C38H80N.C10H8O7S2/c3*1-5-7-9-11-13-15-17-19-21-23-25-27-29-31-33-35-37-39(3,4)38-36-34-32-30-28-26-24-22-20-18-16-14-12-10-8-6-2;11-9-4-6-1-2-8(18(12,13)14)3-7(6)5-10(9)19(15,16)17/h3*5-38H2,1-4H3;1-5,11H,(H,12,13,14)(H,15,16,17)/q3*+1;/p-1. The van der Waals surface area contributed by atoms with Crippen LogP contribution in [0.3, 0.4) is 0 Å². The number of fused-ring (bicyclic) bond motifs is 1. The van der Waals surface area contributed by atoms with Gasteiger partial charge in [0.15, 0.2) is 0 Å². The van der Waals surface area contributed by atoms with Crippen LogP contribution in [0.5, 0.6) is 5.75 Å². The molecular weight excluding hydrogens is 1710 g/mol. The van der Waals surface area contributed by atoms with Crippen LogP contribution >= 0.6 is 0 Å². The second-order valence-electron chi connectivity index (χ2n) is 45.7. The molecule has 0 atom stereocenters. The first-order valence-corrected chi connectivity index (χ1v) is 64.5. The number of aromatic hydroxyl groups is 1. The first-order valence-electron chi connectivity index (χ1n) is 61.6. The van der Waals surface area contributed by atoms with E-state index in [4.69, 9.17) is 4.55 Å². The fourth-order valence-corrected chi connectivity index (χ4v) is 21.6. The van der Waals surface area contributed by atoms with Crippen LogP contribution in [0.2, 0.25) is 0 Å². The Morgan fingerprint density at radius 3 is 0.456 bits per heavy atom. The predicted molar refractivity (Wildman–Crippen MR) is 606 cm³/mol. The predicted octanol–water partition coefficient (Wildman–Crippen LogP) is 41.5. The lowest BCUT2D eigenvalue weighted by Gasteiger charge is -2.30. The summed E-state index contributed by atoms with van der Waals surface area (Å²) in [5.74, 6) is -0.720. The molecule has 0 aliphatic carbocycles. The molecule has 10 nitrogen and oxygen atoms in total. The average Bonchev–Trinajstić information content (AvgIpc) is 0.783. The maximum atomic E-state index is 11.0. The second kappa shape index (κ2) is 103. The van der Waals surface area contributed by atoms with Crippen molar-refractivity contribution >= 4 is 31.0 Å². The van der Waals surface area contributed by atoms with Gasteiger partial charge in [0, 0.05) is 0 Å². The minimum atomic E-state index is -4.89. The Bertz CT molecular complexity index is 2630. The van der Waals surface area contributed by atoms with E-state index in [-0.39, 0.29) is 5.39 Å². The van der Waals surface area contributed by atoms with Gasteiger partial charge in [0.2, 0.25) is 0 Å². The number of unbranched alkanes of at least 4 members (excludes halogenated alkanes) is 90. The van der Waals surface area contributed by atoms with Crippen molar-refractivity contribution in [2.75, 3.05) is 81.6 Å². The molecular formula is C124H247N3O7S2+2. The zero-order valence-electron chi connectivity index (χ0n) is 94.6. The molecule has 0 aliphatic rings. The molecule has 2 aromatic rings. The zero-order chi connectivity index (χ0) is 100. The van der Waals surface area contributed by atoms with Gasteiger partial charge in [0.05, 0.1) is 91.3 Å². The summed E-state index contributed by atoms with van der Waals surface area (Å²) in [6.07, 6.45) is 141. The largest absolute Gasteiger partial charge is 0.744 e. The van der Waals surface area contributed by atoms with E-state index in [9.17, 15) is 26.5 Å². The van der Waals surface area contributed by atoms with E-state index in [1.807, 2.05) is 0 Å². The lowest BCUT2D eigenvalue weighted by molar-refractivity contribution is -0.890. The van der Waals surface area contributed by atoms with Crippen molar-refractivity contribution < 1.29 is 44.5 Å². The van der Waals surface area contributed by atoms with Crippen LogP contribution in [0, 0.1) is 0 Å². The fraction of sp³-hybridized carbons (Fsp3) is 0.919. The van der Waals surface area contributed by atoms with Gasteiger partial charge in [-0.15, -0.1) is 0 Å². The third-order valence-electron chi connectivity index (χ3n) is 30.2. The molecule has 2 rings (SSSR count). The topological polar surface area (TPSA) is 132 Å². The summed E-state index contributed by atoms with van der Waals surface area (Å²) in [5.41, 5.74) is 0.